The fraction of sp³-hybridized carbons (Fsp3) is 0.286. The first-order valence-corrected chi connectivity index (χ1v) is 5.96. The maximum Gasteiger partial charge on any atom is 0.138 e. The van der Waals surface area contributed by atoms with Crippen molar-refractivity contribution in [2.45, 2.75) is 20.8 Å². The maximum absolute atomic E-state index is 4.29. The number of nitrogens with zero attached hydrogens (tertiary/aromatic N) is 2. The van der Waals surface area contributed by atoms with E-state index in [1.54, 1.807) is 6.33 Å². The molecule has 0 radical (unpaired) electrons. The molecule has 2 rings (SSSR count). The molecule has 2 aromatic rings. The molecule has 0 bridgehead atoms. The molecule has 0 unspecified atom stereocenters. The molecule has 4 nitrogen and oxygen atoms in total. The quantitative estimate of drug-likeness (QED) is 0.868. The summed E-state index contributed by atoms with van der Waals surface area (Å²) < 4.78 is 0. The lowest BCUT2D eigenvalue weighted by atomic mass is 10.1. The Kier molecular flexibility index (Phi) is 3.46. The molecule has 1 heterocycles. The van der Waals surface area contributed by atoms with Crippen molar-refractivity contribution in [3.8, 4) is 0 Å². The SMILES string of the molecule is CNc1ncnc(Nc2cccc(C)c2C)c1C. The Hall–Kier alpha value is -2.10. The van der Waals surface area contributed by atoms with Crippen LogP contribution in [0.1, 0.15) is 16.7 Å². The number of benzene rings is 1. The highest BCUT2D eigenvalue weighted by Gasteiger charge is 2.07. The van der Waals surface area contributed by atoms with Crippen LogP contribution in [0.15, 0.2) is 24.5 Å². The van der Waals surface area contributed by atoms with E-state index >= 15 is 0 Å². The molecule has 0 aliphatic rings. The van der Waals surface area contributed by atoms with Crippen molar-refractivity contribution < 1.29 is 0 Å². The molecule has 0 saturated heterocycles. The first-order chi connectivity index (χ1) is 8.63. The van der Waals surface area contributed by atoms with Gasteiger partial charge < -0.3 is 10.6 Å². The molecular weight excluding hydrogens is 224 g/mol. The Morgan fingerprint density at radius 3 is 2.39 bits per heavy atom. The molecule has 0 fully saturated rings. The standard InChI is InChI=1S/C14H18N4/c1-9-6-5-7-12(10(9)2)18-14-11(3)13(15-4)16-8-17-14/h5-8H,1-4H3,(H2,15,16,17,18). The number of hydrogen-bond donors (Lipinski definition) is 2. The van der Waals surface area contributed by atoms with Crippen LogP contribution in [0, 0.1) is 20.8 Å². The summed E-state index contributed by atoms with van der Waals surface area (Å²) in [5.74, 6) is 1.68. The van der Waals surface area contributed by atoms with Gasteiger partial charge in [-0.1, -0.05) is 12.1 Å². The molecule has 0 amide bonds. The van der Waals surface area contributed by atoms with E-state index in [1.807, 2.05) is 20.0 Å². The number of anilines is 3. The molecule has 94 valence electrons. The third-order valence-corrected chi connectivity index (χ3v) is 3.18. The summed E-state index contributed by atoms with van der Waals surface area (Å²) >= 11 is 0. The van der Waals surface area contributed by atoms with E-state index in [0.717, 1.165) is 22.9 Å². The number of aryl methyl sites for hydroxylation is 1. The zero-order valence-electron chi connectivity index (χ0n) is 11.2. The van der Waals surface area contributed by atoms with Crippen molar-refractivity contribution in [3.05, 3.63) is 41.2 Å². The number of aromatic nitrogens is 2. The van der Waals surface area contributed by atoms with Crippen LogP contribution in [0.2, 0.25) is 0 Å². The van der Waals surface area contributed by atoms with Gasteiger partial charge in [-0.25, -0.2) is 9.97 Å². The minimum Gasteiger partial charge on any atom is -0.373 e. The van der Waals surface area contributed by atoms with E-state index in [1.165, 1.54) is 11.1 Å². The molecule has 0 aliphatic carbocycles. The van der Waals surface area contributed by atoms with Gasteiger partial charge in [0.1, 0.15) is 18.0 Å². The smallest absolute Gasteiger partial charge is 0.138 e. The zero-order valence-corrected chi connectivity index (χ0v) is 11.2. The zero-order chi connectivity index (χ0) is 13.1. The second kappa shape index (κ2) is 5.04. The largest absolute Gasteiger partial charge is 0.373 e. The molecule has 0 aliphatic heterocycles. The Labute approximate surface area is 107 Å². The van der Waals surface area contributed by atoms with Gasteiger partial charge in [0, 0.05) is 18.3 Å². The highest BCUT2D eigenvalue weighted by atomic mass is 15.1. The summed E-state index contributed by atoms with van der Waals surface area (Å²) in [6, 6.07) is 6.20. The number of nitrogens with one attached hydrogen (secondary N) is 2. The average Bonchev–Trinajstić information content (AvgIpc) is 2.37. The van der Waals surface area contributed by atoms with Crippen LogP contribution >= 0.6 is 0 Å². The van der Waals surface area contributed by atoms with Gasteiger partial charge in [-0.15, -0.1) is 0 Å². The lowest BCUT2D eigenvalue weighted by Crippen LogP contribution is -2.03. The van der Waals surface area contributed by atoms with E-state index in [9.17, 15) is 0 Å². The summed E-state index contributed by atoms with van der Waals surface area (Å²) in [7, 11) is 1.86. The van der Waals surface area contributed by atoms with Crippen LogP contribution in [0.3, 0.4) is 0 Å². The highest BCUT2D eigenvalue weighted by molar-refractivity contribution is 5.67. The van der Waals surface area contributed by atoms with Gasteiger partial charge in [0.2, 0.25) is 0 Å². The number of hydrogen-bond acceptors (Lipinski definition) is 4. The first kappa shape index (κ1) is 12.4. The van der Waals surface area contributed by atoms with Gasteiger partial charge in [-0.2, -0.15) is 0 Å². The monoisotopic (exact) mass is 242 g/mol. The average molecular weight is 242 g/mol. The molecule has 2 N–H and O–H groups in total. The number of rotatable bonds is 3. The van der Waals surface area contributed by atoms with Crippen molar-refractivity contribution in [2.75, 3.05) is 17.7 Å². The molecule has 1 aromatic carbocycles. The summed E-state index contributed by atoms with van der Waals surface area (Å²) in [6.45, 7) is 6.21. The topological polar surface area (TPSA) is 49.8 Å². The van der Waals surface area contributed by atoms with Crippen molar-refractivity contribution in [3.63, 3.8) is 0 Å². The predicted molar refractivity (Wildman–Crippen MR) is 75.5 cm³/mol. The second-order valence-electron chi connectivity index (χ2n) is 4.32. The maximum atomic E-state index is 4.29. The van der Waals surface area contributed by atoms with Gasteiger partial charge in [-0.05, 0) is 38.0 Å². The third kappa shape index (κ3) is 2.27. The minimum absolute atomic E-state index is 0.836. The molecule has 4 heteroatoms. The van der Waals surface area contributed by atoms with Crippen LogP contribution in [0.5, 0.6) is 0 Å². The third-order valence-electron chi connectivity index (χ3n) is 3.18. The van der Waals surface area contributed by atoms with Crippen LogP contribution in [-0.2, 0) is 0 Å². The molecule has 1 aromatic heterocycles. The van der Waals surface area contributed by atoms with E-state index in [-0.39, 0.29) is 0 Å². The fourth-order valence-corrected chi connectivity index (χ4v) is 1.84. The van der Waals surface area contributed by atoms with Crippen LogP contribution in [0.4, 0.5) is 17.3 Å². The molecule has 0 atom stereocenters. The summed E-state index contributed by atoms with van der Waals surface area (Å²) in [5.41, 5.74) is 4.60. The van der Waals surface area contributed by atoms with Gasteiger partial charge in [0.05, 0.1) is 0 Å². The van der Waals surface area contributed by atoms with Gasteiger partial charge in [-0.3, -0.25) is 0 Å². The highest BCUT2D eigenvalue weighted by Crippen LogP contribution is 2.25. The predicted octanol–water partition coefficient (Wildman–Crippen LogP) is 3.19. The van der Waals surface area contributed by atoms with Gasteiger partial charge in [0.15, 0.2) is 0 Å². The summed E-state index contributed by atoms with van der Waals surface area (Å²) in [6.07, 6.45) is 1.56. The van der Waals surface area contributed by atoms with E-state index < -0.39 is 0 Å². The van der Waals surface area contributed by atoms with Gasteiger partial charge in [0.25, 0.3) is 0 Å². The Bertz CT molecular complexity index is 564. The molecule has 0 spiro atoms. The van der Waals surface area contributed by atoms with E-state index in [0.29, 0.717) is 0 Å². The normalized spacial score (nSPS) is 10.2. The Balaban J connectivity index is 2.37. The molecule has 0 saturated carbocycles. The summed E-state index contributed by atoms with van der Waals surface area (Å²) in [5, 5.41) is 6.42. The Morgan fingerprint density at radius 2 is 1.67 bits per heavy atom. The van der Waals surface area contributed by atoms with Crippen molar-refractivity contribution in [2.24, 2.45) is 0 Å². The van der Waals surface area contributed by atoms with Crippen LogP contribution in [-0.4, -0.2) is 17.0 Å². The lowest BCUT2D eigenvalue weighted by Gasteiger charge is -2.13. The van der Waals surface area contributed by atoms with Crippen molar-refractivity contribution >= 4 is 17.3 Å². The van der Waals surface area contributed by atoms with Crippen molar-refractivity contribution in [1.82, 2.24) is 9.97 Å². The molecular formula is C14H18N4. The first-order valence-electron chi connectivity index (χ1n) is 5.96. The van der Waals surface area contributed by atoms with E-state index in [2.05, 4.69) is 46.6 Å². The Morgan fingerprint density at radius 1 is 0.944 bits per heavy atom. The molecule has 18 heavy (non-hydrogen) atoms. The summed E-state index contributed by atoms with van der Waals surface area (Å²) in [4.78, 5) is 8.47. The van der Waals surface area contributed by atoms with Gasteiger partial charge >= 0.3 is 0 Å². The lowest BCUT2D eigenvalue weighted by molar-refractivity contribution is 1.12. The second-order valence-corrected chi connectivity index (χ2v) is 4.32. The van der Waals surface area contributed by atoms with Crippen LogP contribution in [0.25, 0.3) is 0 Å². The minimum atomic E-state index is 0.836. The fourth-order valence-electron chi connectivity index (χ4n) is 1.84. The van der Waals surface area contributed by atoms with Crippen LogP contribution < -0.4 is 10.6 Å². The van der Waals surface area contributed by atoms with Crippen molar-refractivity contribution in [1.29, 1.82) is 0 Å². The van der Waals surface area contributed by atoms with E-state index in [4.69, 9.17) is 0 Å².